The number of aromatic amines is 1. The quantitative estimate of drug-likeness (QED) is 0.417. The summed E-state index contributed by atoms with van der Waals surface area (Å²) in [7, 11) is 0. The molecular weight excluding hydrogens is 484 g/mol. The summed E-state index contributed by atoms with van der Waals surface area (Å²) >= 11 is 0. The van der Waals surface area contributed by atoms with E-state index in [0.29, 0.717) is 46.8 Å². The number of benzene rings is 1. The van der Waals surface area contributed by atoms with E-state index in [0.717, 1.165) is 51.4 Å². The van der Waals surface area contributed by atoms with Crippen LogP contribution in [0.4, 0.5) is 14.7 Å². The van der Waals surface area contributed by atoms with Gasteiger partial charge in [0.1, 0.15) is 0 Å². The van der Waals surface area contributed by atoms with Crippen LogP contribution in [0.2, 0.25) is 0 Å². The van der Waals surface area contributed by atoms with Crippen LogP contribution in [0.25, 0.3) is 11.0 Å². The first-order valence-corrected chi connectivity index (χ1v) is 14.5. The molecule has 8 heteroatoms. The summed E-state index contributed by atoms with van der Waals surface area (Å²) in [6, 6.07) is 2.67. The summed E-state index contributed by atoms with van der Waals surface area (Å²) in [6.45, 7) is 4.57. The molecule has 1 aromatic carbocycles. The second-order valence-corrected chi connectivity index (χ2v) is 12.1. The number of imidazole rings is 1. The lowest BCUT2D eigenvalue weighted by Crippen LogP contribution is -2.35. The van der Waals surface area contributed by atoms with Gasteiger partial charge in [0.05, 0.1) is 17.6 Å². The molecule has 3 unspecified atom stereocenters. The molecule has 5 atom stereocenters. The minimum absolute atomic E-state index is 0.262. The van der Waals surface area contributed by atoms with Crippen LogP contribution in [-0.2, 0) is 0 Å². The number of aliphatic hydroxyl groups is 1. The molecule has 2 saturated carbocycles. The second kappa shape index (κ2) is 10.7. The standard InChI is InChI=1S/C30H41F2N5O/c31-25-14-27-28(15-26(25)32)35-29(34-27)37(11-3-9-33)18-21-7-8-30(16-23(30)13-21)22-5-1-4-20(12-22)17-36-10-2-6-24(36)19-38/h1,4,12,14-15,21-24,38H,2-3,5-11,13,16-19,33H2,(H,34,35)/t21?,22?,23?,24-,30+/m0/s1. The van der Waals surface area contributed by atoms with Gasteiger partial charge in [0.2, 0.25) is 5.95 Å². The van der Waals surface area contributed by atoms with Crippen molar-refractivity contribution in [2.24, 2.45) is 28.9 Å². The Morgan fingerprint density at radius 1 is 1.24 bits per heavy atom. The number of nitrogens with one attached hydrogen (secondary N) is 1. The number of rotatable bonds is 10. The van der Waals surface area contributed by atoms with Crippen molar-refractivity contribution in [3.8, 4) is 0 Å². The Kier molecular flexibility index (Phi) is 7.31. The largest absolute Gasteiger partial charge is 0.395 e. The highest BCUT2D eigenvalue weighted by Gasteiger charge is 2.59. The number of hydrogen-bond donors (Lipinski definition) is 3. The number of nitrogens with zero attached hydrogens (tertiary/aromatic N) is 3. The lowest BCUT2D eigenvalue weighted by Gasteiger charge is -2.36. The van der Waals surface area contributed by atoms with Gasteiger partial charge in [-0.05, 0) is 93.2 Å². The van der Waals surface area contributed by atoms with E-state index in [1.165, 1.54) is 49.8 Å². The number of likely N-dealkylation sites (tertiary alicyclic amines) is 1. The number of anilines is 1. The summed E-state index contributed by atoms with van der Waals surface area (Å²) in [6.07, 6.45) is 16.5. The van der Waals surface area contributed by atoms with E-state index in [9.17, 15) is 13.9 Å². The number of aromatic nitrogens is 2. The maximum absolute atomic E-state index is 13.8. The molecule has 1 saturated heterocycles. The molecule has 2 heterocycles. The van der Waals surface area contributed by atoms with Crippen molar-refractivity contribution in [1.29, 1.82) is 0 Å². The van der Waals surface area contributed by atoms with Gasteiger partial charge < -0.3 is 20.7 Å². The van der Waals surface area contributed by atoms with Crippen molar-refractivity contribution in [1.82, 2.24) is 14.9 Å². The highest BCUT2D eigenvalue weighted by Crippen LogP contribution is 2.68. The molecule has 4 N–H and O–H groups in total. The zero-order chi connectivity index (χ0) is 26.3. The van der Waals surface area contributed by atoms with Crippen LogP contribution in [-0.4, -0.2) is 65.3 Å². The molecule has 3 fully saturated rings. The number of H-pyrrole nitrogens is 1. The Balaban J connectivity index is 1.10. The zero-order valence-corrected chi connectivity index (χ0v) is 22.2. The van der Waals surface area contributed by atoms with Crippen LogP contribution in [0.15, 0.2) is 35.9 Å². The van der Waals surface area contributed by atoms with Crippen LogP contribution in [0.1, 0.15) is 51.4 Å². The zero-order valence-electron chi connectivity index (χ0n) is 22.2. The van der Waals surface area contributed by atoms with E-state index in [1.54, 1.807) is 0 Å². The Morgan fingerprint density at radius 2 is 2.11 bits per heavy atom. The van der Waals surface area contributed by atoms with Crippen LogP contribution < -0.4 is 10.6 Å². The van der Waals surface area contributed by atoms with Crippen LogP contribution in [0.3, 0.4) is 0 Å². The van der Waals surface area contributed by atoms with Crippen LogP contribution in [0.5, 0.6) is 0 Å². The SMILES string of the molecule is NCCCN(CC1CC[C@]2(C3C=C(CN4CCC[C@H]4CO)C=CC3)CC2C1)c1nc2cc(F)c(F)cc2[nH]1. The molecule has 6 rings (SSSR count). The van der Waals surface area contributed by atoms with E-state index in [2.05, 4.69) is 38.0 Å². The Morgan fingerprint density at radius 3 is 2.92 bits per heavy atom. The molecule has 1 aliphatic heterocycles. The Labute approximate surface area is 224 Å². The molecular formula is C30H41F2N5O. The first-order valence-electron chi connectivity index (χ1n) is 14.5. The average molecular weight is 526 g/mol. The average Bonchev–Trinajstić information content (AvgIpc) is 3.25. The maximum Gasteiger partial charge on any atom is 0.203 e. The van der Waals surface area contributed by atoms with Gasteiger partial charge in [-0.2, -0.15) is 0 Å². The number of aliphatic hydroxyl groups excluding tert-OH is 1. The number of nitrogens with two attached hydrogens (primary N) is 1. The van der Waals surface area contributed by atoms with Gasteiger partial charge >= 0.3 is 0 Å². The van der Waals surface area contributed by atoms with Gasteiger partial charge in [0, 0.05) is 37.8 Å². The normalized spacial score (nSPS) is 31.0. The summed E-state index contributed by atoms with van der Waals surface area (Å²) in [5, 5.41) is 9.71. The summed E-state index contributed by atoms with van der Waals surface area (Å²) < 4.78 is 27.5. The number of allylic oxidation sites excluding steroid dienone is 2. The lowest BCUT2D eigenvalue weighted by molar-refractivity contribution is 0.167. The van der Waals surface area contributed by atoms with E-state index in [4.69, 9.17) is 5.73 Å². The van der Waals surface area contributed by atoms with Crippen LogP contribution in [0, 0.1) is 34.8 Å². The third-order valence-corrected chi connectivity index (χ3v) is 9.81. The third kappa shape index (κ3) is 5.03. The number of fused-ring (bicyclic) bond motifs is 2. The fourth-order valence-electron chi connectivity index (χ4n) is 7.64. The number of hydrogen-bond acceptors (Lipinski definition) is 5. The molecule has 4 aliphatic rings. The van der Waals surface area contributed by atoms with Crippen molar-refractivity contribution in [3.63, 3.8) is 0 Å². The number of halogens is 2. The molecule has 3 aliphatic carbocycles. The molecule has 0 bridgehead atoms. The lowest BCUT2D eigenvalue weighted by atomic mass is 9.72. The van der Waals surface area contributed by atoms with Crippen molar-refractivity contribution < 1.29 is 13.9 Å². The van der Waals surface area contributed by atoms with Gasteiger partial charge in [-0.15, -0.1) is 0 Å². The first-order chi connectivity index (χ1) is 18.5. The molecule has 206 valence electrons. The van der Waals surface area contributed by atoms with Gasteiger partial charge in [-0.3, -0.25) is 4.90 Å². The van der Waals surface area contributed by atoms with Gasteiger partial charge in [-0.25, -0.2) is 13.8 Å². The molecule has 2 aromatic rings. The predicted octanol–water partition coefficient (Wildman–Crippen LogP) is 4.76. The van der Waals surface area contributed by atoms with Gasteiger partial charge in [-0.1, -0.05) is 18.2 Å². The van der Waals surface area contributed by atoms with E-state index in [1.807, 2.05) is 0 Å². The molecule has 0 radical (unpaired) electrons. The third-order valence-electron chi connectivity index (χ3n) is 9.81. The molecule has 0 spiro atoms. The molecule has 38 heavy (non-hydrogen) atoms. The topological polar surface area (TPSA) is 81.4 Å². The fourth-order valence-corrected chi connectivity index (χ4v) is 7.64. The van der Waals surface area contributed by atoms with Gasteiger partial charge in [0.15, 0.2) is 11.6 Å². The highest BCUT2D eigenvalue weighted by molar-refractivity contribution is 5.77. The highest BCUT2D eigenvalue weighted by atomic mass is 19.2. The fraction of sp³-hybridized carbons (Fsp3) is 0.633. The molecule has 1 aromatic heterocycles. The van der Waals surface area contributed by atoms with Crippen molar-refractivity contribution >= 4 is 17.0 Å². The Bertz CT molecular complexity index is 1170. The monoisotopic (exact) mass is 525 g/mol. The Hall–Kier alpha value is -2.29. The van der Waals surface area contributed by atoms with Crippen molar-refractivity contribution in [3.05, 3.63) is 47.6 Å². The first kappa shape index (κ1) is 26.0. The van der Waals surface area contributed by atoms with Crippen molar-refractivity contribution in [2.75, 3.05) is 44.2 Å². The van der Waals surface area contributed by atoms with Crippen molar-refractivity contribution in [2.45, 2.75) is 57.4 Å². The smallest absolute Gasteiger partial charge is 0.203 e. The summed E-state index contributed by atoms with van der Waals surface area (Å²) in [5.41, 5.74) is 8.68. The van der Waals surface area contributed by atoms with E-state index in [-0.39, 0.29) is 6.61 Å². The molecule has 6 nitrogen and oxygen atoms in total. The van der Waals surface area contributed by atoms with E-state index >= 15 is 0 Å². The molecule has 0 amide bonds. The van der Waals surface area contributed by atoms with Gasteiger partial charge in [0.25, 0.3) is 0 Å². The summed E-state index contributed by atoms with van der Waals surface area (Å²) in [4.78, 5) is 12.5. The van der Waals surface area contributed by atoms with Crippen LogP contribution >= 0.6 is 0 Å². The van der Waals surface area contributed by atoms with E-state index < -0.39 is 11.6 Å². The maximum atomic E-state index is 13.8. The second-order valence-electron chi connectivity index (χ2n) is 12.1. The summed E-state index contributed by atoms with van der Waals surface area (Å²) in [5.74, 6) is 0.915. The predicted molar refractivity (Wildman–Crippen MR) is 147 cm³/mol. The minimum atomic E-state index is -0.871. The minimum Gasteiger partial charge on any atom is -0.395 e.